The highest BCUT2D eigenvalue weighted by atomic mass is 16.5. The van der Waals surface area contributed by atoms with Gasteiger partial charge in [-0.3, -0.25) is 0 Å². The predicted molar refractivity (Wildman–Crippen MR) is 86.4 cm³/mol. The van der Waals surface area contributed by atoms with Crippen LogP contribution in [-0.2, 0) is 0 Å². The zero-order valence-corrected chi connectivity index (χ0v) is 13.4. The number of rotatable bonds is 5. The van der Waals surface area contributed by atoms with Crippen molar-refractivity contribution in [3.63, 3.8) is 0 Å². The van der Waals surface area contributed by atoms with E-state index in [0.717, 1.165) is 29.9 Å². The number of ether oxygens (including phenoxy) is 1. The second kappa shape index (κ2) is 7.01. The van der Waals surface area contributed by atoms with Gasteiger partial charge in [-0.25, -0.2) is 0 Å². The molecule has 2 nitrogen and oxygen atoms in total. The number of hydrogen-bond acceptors (Lipinski definition) is 2. The van der Waals surface area contributed by atoms with Crippen LogP contribution in [0.4, 0.5) is 5.69 Å². The molecule has 0 aliphatic heterocycles. The van der Waals surface area contributed by atoms with Crippen LogP contribution in [0.2, 0.25) is 0 Å². The monoisotopic (exact) mass is 275 g/mol. The molecule has 1 saturated carbocycles. The zero-order valence-electron chi connectivity index (χ0n) is 13.4. The molecule has 1 N–H and O–H groups in total. The highest BCUT2D eigenvalue weighted by molar-refractivity contribution is 5.56. The molecule has 2 rings (SSSR count). The molecule has 1 fully saturated rings. The minimum Gasteiger partial charge on any atom is -0.491 e. The first-order valence-electron chi connectivity index (χ1n) is 8.04. The molecular weight excluding hydrogens is 246 g/mol. The van der Waals surface area contributed by atoms with E-state index in [1.807, 2.05) is 6.07 Å². The maximum atomic E-state index is 5.93. The van der Waals surface area contributed by atoms with Gasteiger partial charge in [-0.1, -0.05) is 39.8 Å². The fraction of sp³-hybridized carbons (Fsp3) is 0.667. The van der Waals surface area contributed by atoms with E-state index in [2.05, 4.69) is 51.2 Å². The summed E-state index contributed by atoms with van der Waals surface area (Å²) in [5.41, 5.74) is 1.15. The van der Waals surface area contributed by atoms with Gasteiger partial charge in [-0.15, -0.1) is 0 Å². The molecule has 112 valence electrons. The van der Waals surface area contributed by atoms with Gasteiger partial charge in [0.05, 0.1) is 12.3 Å². The number of hydrogen-bond donors (Lipinski definition) is 1. The van der Waals surface area contributed by atoms with Crippen LogP contribution in [0.5, 0.6) is 5.75 Å². The van der Waals surface area contributed by atoms with Crippen molar-refractivity contribution in [3.05, 3.63) is 24.3 Å². The molecule has 1 aliphatic rings. The highest BCUT2D eigenvalue weighted by Gasteiger charge is 2.25. The molecule has 1 aliphatic carbocycles. The lowest BCUT2D eigenvalue weighted by Crippen LogP contribution is -2.33. The maximum absolute atomic E-state index is 5.93. The van der Waals surface area contributed by atoms with Gasteiger partial charge in [0.15, 0.2) is 0 Å². The topological polar surface area (TPSA) is 21.3 Å². The first-order chi connectivity index (χ1) is 9.56. The van der Waals surface area contributed by atoms with E-state index in [1.165, 1.54) is 19.3 Å². The van der Waals surface area contributed by atoms with Crippen LogP contribution in [0.1, 0.15) is 47.0 Å². The second-order valence-corrected chi connectivity index (χ2v) is 6.85. The van der Waals surface area contributed by atoms with E-state index in [9.17, 15) is 0 Å². The lowest BCUT2D eigenvalue weighted by molar-refractivity contribution is 0.266. The van der Waals surface area contributed by atoms with E-state index in [1.54, 1.807) is 0 Å². The number of nitrogens with one attached hydrogen (secondary N) is 1. The fourth-order valence-electron chi connectivity index (χ4n) is 3.05. The summed E-state index contributed by atoms with van der Waals surface area (Å²) in [6.07, 6.45) is 3.92. The van der Waals surface area contributed by atoms with Crippen molar-refractivity contribution >= 4 is 5.69 Å². The molecule has 0 saturated heterocycles. The second-order valence-electron chi connectivity index (χ2n) is 6.85. The van der Waals surface area contributed by atoms with Crippen molar-refractivity contribution < 1.29 is 4.74 Å². The normalized spacial score (nSPS) is 26.6. The summed E-state index contributed by atoms with van der Waals surface area (Å²) in [6, 6.07) is 8.92. The summed E-state index contributed by atoms with van der Waals surface area (Å²) in [7, 11) is 0. The number of para-hydroxylation sites is 2. The van der Waals surface area contributed by atoms with Crippen LogP contribution in [0, 0.1) is 17.8 Å². The summed E-state index contributed by atoms with van der Waals surface area (Å²) in [5.74, 6) is 3.15. The third kappa shape index (κ3) is 4.16. The molecule has 2 heteroatoms. The van der Waals surface area contributed by atoms with Crippen LogP contribution in [0.15, 0.2) is 24.3 Å². The average molecular weight is 275 g/mol. The Morgan fingerprint density at radius 3 is 2.65 bits per heavy atom. The smallest absolute Gasteiger partial charge is 0.142 e. The van der Waals surface area contributed by atoms with E-state index >= 15 is 0 Å². The standard InChI is InChI=1S/C18H29NO/c1-13(2)12-20-18-8-6-5-7-17(18)19-16-10-9-14(3)11-15(16)4/h5-8,13-16,19H,9-12H2,1-4H3. The third-order valence-corrected chi connectivity index (χ3v) is 4.23. The van der Waals surface area contributed by atoms with E-state index < -0.39 is 0 Å². The lowest BCUT2D eigenvalue weighted by atomic mass is 9.80. The molecule has 0 aromatic heterocycles. The van der Waals surface area contributed by atoms with E-state index in [0.29, 0.717) is 12.0 Å². The maximum Gasteiger partial charge on any atom is 0.142 e. The first kappa shape index (κ1) is 15.2. The summed E-state index contributed by atoms with van der Waals surface area (Å²) in [5, 5.41) is 3.72. The number of benzene rings is 1. The Hall–Kier alpha value is -1.18. The Bertz CT molecular complexity index is 416. The van der Waals surface area contributed by atoms with Crippen LogP contribution in [0.3, 0.4) is 0 Å². The third-order valence-electron chi connectivity index (χ3n) is 4.23. The highest BCUT2D eigenvalue weighted by Crippen LogP contribution is 2.33. The average Bonchev–Trinajstić information content (AvgIpc) is 2.41. The van der Waals surface area contributed by atoms with Gasteiger partial charge in [-0.05, 0) is 49.1 Å². The molecule has 0 spiro atoms. The zero-order chi connectivity index (χ0) is 14.5. The van der Waals surface area contributed by atoms with Crippen molar-refractivity contribution in [2.75, 3.05) is 11.9 Å². The molecule has 1 aromatic carbocycles. The summed E-state index contributed by atoms with van der Waals surface area (Å²) in [6.45, 7) is 9.87. The molecule has 0 radical (unpaired) electrons. The van der Waals surface area contributed by atoms with Crippen LogP contribution < -0.4 is 10.1 Å². The molecule has 1 aromatic rings. The van der Waals surface area contributed by atoms with Crippen LogP contribution in [-0.4, -0.2) is 12.6 Å². The first-order valence-corrected chi connectivity index (χ1v) is 8.04. The van der Waals surface area contributed by atoms with Crippen molar-refractivity contribution in [2.24, 2.45) is 17.8 Å². The van der Waals surface area contributed by atoms with Crippen molar-refractivity contribution in [1.82, 2.24) is 0 Å². The molecule has 0 heterocycles. The minimum atomic E-state index is 0.553. The molecule has 20 heavy (non-hydrogen) atoms. The van der Waals surface area contributed by atoms with E-state index in [-0.39, 0.29) is 0 Å². The SMILES string of the molecule is CC(C)COc1ccccc1NC1CCC(C)CC1C. The molecular formula is C18H29NO. The summed E-state index contributed by atoms with van der Waals surface area (Å²) >= 11 is 0. The van der Waals surface area contributed by atoms with Crippen molar-refractivity contribution in [3.8, 4) is 5.75 Å². The largest absolute Gasteiger partial charge is 0.491 e. The Labute approximate surface area is 123 Å². The minimum absolute atomic E-state index is 0.553. The van der Waals surface area contributed by atoms with Gasteiger partial charge in [0.25, 0.3) is 0 Å². The lowest BCUT2D eigenvalue weighted by Gasteiger charge is -2.34. The van der Waals surface area contributed by atoms with Gasteiger partial charge < -0.3 is 10.1 Å². The Kier molecular flexibility index (Phi) is 5.33. The van der Waals surface area contributed by atoms with Crippen LogP contribution in [0.25, 0.3) is 0 Å². The molecule has 0 bridgehead atoms. The Balaban J connectivity index is 2.01. The van der Waals surface area contributed by atoms with Crippen LogP contribution >= 0.6 is 0 Å². The molecule has 0 amide bonds. The number of anilines is 1. The molecule has 3 unspecified atom stereocenters. The summed E-state index contributed by atoms with van der Waals surface area (Å²) < 4.78 is 5.93. The van der Waals surface area contributed by atoms with Gasteiger partial charge in [-0.2, -0.15) is 0 Å². The van der Waals surface area contributed by atoms with Crippen molar-refractivity contribution in [1.29, 1.82) is 0 Å². The fourth-order valence-corrected chi connectivity index (χ4v) is 3.05. The summed E-state index contributed by atoms with van der Waals surface area (Å²) in [4.78, 5) is 0. The molecule has 3 atom stereocenters. The van der Waals surface area contributed by atoms with Gasteiger partial charge in [0.1, 0.15) is 5.75 Å². The quantitative estimate of drug-likeness (QED) is 0.820. The Morgan fingerprint density at radius 2 is 1.95 bits per heavy atom. The van der Waals surface area contributed by atoms with E-state index in [4.69, 9.17) is 4.74 Å². The van der Waals surface area contributed by atoms with Crippen molar-refractivity contribution in [2.45, 2.75) is 53.0 Å². The Morgan fingerprint density at radius 1 is 1.20 bits per heavy atom. The van der Waals surface area contributed by atoms with Gasteiger partial charge in [0.2, 0.25) is 0 Å². The van der Waals surface area contributed by atoms with Gasteiger partial charge >= 0.3 is 0 Å². The predicted octanol–water partition coefficient (Wildman–Crippen LogP) is 4.96. The van der Waals surface area contributed by atoms with Gasteiger partial charge in [0, 0.05) is 6.04 Å².